The van der Waals surface area contributed by atoms with Crippen LogP contribution in [0, 0.1) is 0 Å². The summed E-state index contributed by atoms with van der Waals surface area (Å²) in [5.41, 5.74) is 6.96. The molecule has 2 N–H and O–H groups in total. The van der Waals surface area contributed by atoms with E-state index >= 15 is 0 Å². The number of hydrogen-bond acceptors (Lipinski definition) is 3. The highest BCUT2D eigenvalue weighted by atomic mass is 33.1. The van der Waals surface area contributed by atoms with Crippen LogP contribution in [0.5, 0.6) is 0 Å². The molecule has 0 atom stereocenters. The Morgan fingerprint density at radius 2 is 1.86 bits per heavy atom. The molecule has 0 amide bonds. The highest BCUT2D eigenvalue weighted by Crippen LogP contribution is 2.36. The first-order chi connectivity index (χ1) is 6.83. The molecule has 0 saturated carbocycles. The summed E-state index contributed by atoms with van der Waals surface area (Å²) in [6, 6.07) is 12.4. The number of rotatable bonds is 2. The standard InChI is InChI=1S/C11H11NS2/c1-13-14-10-7-6-8-4-2-3-5-9(8)11(10)12/h2-7H,12H2,1H3. The highest BCUT2D eigenvalue weighted by molar-refractivity contribution is 8.76. The summed E-state index contributed by atoms with van der Waals surface area (Å²) in [4.78, 5) is 1.15. The van der Waals surface area contributed by atoms with Gasteiger partial charge in [0.1, 0.15) is 0 Å². The normalized spacial score (nSPS) is 10.6. The first-order valence-corrected chi connectivity index (χ1v) is 6.86. The summed E-state index contributed by atoms with van der Waals surface area (Å²) in [5, 5.41) is 2.35. The van der Waals surface area contributed by atoms with E-state index < -0.39 is 0 Å². The molecule has 2 aromatic carbocycles. The van der Waals surface area contributed by atoms with E-state index in [0.29, 0.717) is 0 Å². The molecule has 0 aliphatic heterocycles. The van der Waals surface area contributed by atoms with Crippen LogP contribution in [0.4, 0.5) is 5.69 Å². The van der Waals surface area contributed by atoms with Crippen molar-refractivity contribution in [3.05, 3.63) is 36.4 Å². The van der Waals surface area contributed by atoms with Crippen LogP contribution < -0.4 is 5.73 Å². The van der Waals surface area contributed by atoms with Crippen LogP contribution in [0.15, 0.2) is 41.3 Å². The topological polar surface area (TPSA) is 26.0 Å². The quantitative estimate of drug-likeness (QED) is 0.617. The highest BCUT2D eigenvalue weighted by Gasteiger charge is 2.03. The number of benzene rings is 2. The summed E-state index contributed by atoms with van der Waals surface area (Å²) in [5.74, 6) is 0. The van der Waals surface area contributed by atoms with Crippen molar-refractivity contribution in [1.82, 2.24) is 0 Å². The molecule has 0 aliphatic carbocycles. The van der Waals surface area contributed by atoms with Crippen molar-refractivity contribution >= 4 is 38.0 Å². The summed E-state index contributed by atoms with van der Waals surface area (Å²) in [6.07, 6.45) is 2.05. The number of nitrogens with two attached hydrogens (primary N) is 1. The molecule has 2 aromatic rings. The van der Waals surface area contributed by atoms with Crippen LogP contribution in [-0.4, -0.2) is 6.26 Å². The van der Waals surface area contributed by atoms with E-state index in [4.69, 9.17) is 5.73 Å². The van der Waals surface area contributed by atoms with E-state index in [1.807, 2.05) is 12.1 Å². The average Bonchev–Trinajstić information content (AvgIpc) is 2.23. The van der Waals surface area contributed by atoms with Gasteiger partial charge in [-0.2, -0.15) is 0 Å². The van der Waals surface area contributed by atoms with Gasteiger partial charge in [-0.25, -0.2) is 0 Å². The van der Waals surface area contributed by atoms with Crippen LogP contribution in [-0.2, 0) is 0 Å². The number of anilines is 1. The predicted molar refractivity (Wildman–Crippen MR) is 67.7 cm³/mol. The van der Waals surface area contributed by atoms with Gasteiger partial charge >= 0.3 is 0 Å². The van der Waals surface area contributed by atoms with Crippen LogP contribution in [0.25, 0.3) is 10.8 Å². The number of hydrogen-bond donors (Lipinski definition) is 1. The van der Waals surface area contributed by atoms with Crippen molar-refractivity contribution in [2.24, 2.45) is 0 Å². The Hall–Kier alpha value is -0.800. The van der Waals surface area contributed by atoms with Crippen LogP contribution >= 0.6 is 21.6 Å². The molecular formula is C11H11NS2. The molecule has 0 saturated heterocycles. The molecule has 3 heteroatoms. The molecule has 14 heavy (non-hydrogen) atoms. The van der Waals surface area contributed by atoms with Gasteiger partial charge in [0.15, 0.2) is 0 Å². The van der Waals surface area contributed by atoms with E-state index in [2.05, 4.69) is 30.5 Å². The minimum atomic E-state index is 0.891. The van der Waals surface area contributed by atoms with Gasteiger partial charge < -0.3 is 5.73 Å². The Morgan fingerprint density at radius 3 is 2.64 bits per heavy atom. The van der Waals surface area contributed by atoms with E-state index in [1.165, 1.54) is 5.39 Å². The molecule has 0 spiro atoms. The van der Waals surface area contributed by atoms with Crippen molar-refractivity contribution in [2.45, 2.75) is 4.90 Å². The van der Waals surface area contributed by atoms with Crippen molar-refractivity contribution in [3.63, 3.8) is 0 Å². The van der Waals surface area contributed by atoms with E-state index in [1.54, 1.807) is 21.6 Å². The zero-order valence-electron chi connectivity index (χ0n) is 7.86. The van der Waals surface area contributed by atoms with Gasteiger partial charge in [-0.1, -0.05) is 51.9 Å². The second-order valence-electron chi connectivity index (χ2n) is 2.95. The molecule has 0 radical (unpaired) electrons. The third kappa shape index (κ3) is 1.70. The first-order valence-electron chi connectivity index (χ1n) is 4.31. The largest absolute Gasteiger partial charge is 0.397 e. The van der Waals surface area contributed by atoms with Crippen molar-refractivity contribution in [3.8, 4) is 0 Å². The fourth-order valence-corrected chi connectivity index (χ4v) is 2.92. The molecule has 0 bridgehead atoms. The zero-order valence-corrected chi connectivity index (χ0v) is 9.49. The molecule has 0 fully saturated rings. The molecule has 1 nitrogen and oxygen atoms in total. The fraction of sp³-hybridized carbons (Fsp3) is 0.0909. The lowest BCUT2D eigenvalue weighted by atomic mass is 10.1. The van der Waals surface area contributed by atoms with Gasteiger partial charge in [-0.3, -0.25) is 0 Å². The predicted octanol–water partition coefficient (Wildman–Crippen LogP) is 3.79. The Kier molecular flexibility index (Phi) is 2.89. The lowest BCUT2D eigenvalue weighted by molar-refractivity contribution is 1.52. The number of nitrogen functional groups attached to an aromatic ring is 1. The van der Waals surface area contributed by atoms with Gasteiger partial charge in [-0.15, -0.1) is 0 Å². The van der Waals surface area contributed by atoms with Gasteiger partial charge in [-0.05, 0) is 17.7 Å². The Labute approximate surface area is 91.5 Å². The summed E-state index contributed by atoms with van der Waals surface area (Å²) in [7, 11) is 3.42. The maximum Gasteiger partial charge on any atom is 0.0540 e. The van der Waals surface area contributed by atoms with E-state index in [9.17, 15) is 0 Å². The van der Waals surface area contributed by atoms with Gasteiger partial charge in [0.25, 0.3) is 0 Å². The summed E-state index contributed by atoms with van der Waals surface area (Å²) in [6.45, 7) is 0. The van der Waals surface area contributed by atoms with Crippen LogP contribution in [0.2, 0.25) is 0 Å². The molecule has 0 unspecified atom stereocenters. The first kappa shape index (κ1) is 9.74. The van der Waals surface area contributed by atoms with Crippen molar-refractivity contribution < 1.29 is 0 Å². The van der Waals surface area contributed by atoms with Crippen molar-refractivity contribution in [2.75, 3.05) is 12.0 Å². The molecule has 0 aromatic heterocycles. The third-order valence-electron chi connectivity index (χ3n) is 2.10. The second kappa shape index (κ2) is 4.15. The van der Waals surface area contributed by atoms with Gasteiger partial charge in [0.05, 0.1) is 5.69 Å². The summed E-state index contributed by atoms with van der Waals surface area (Å²) < 4.78 is 0. The molecule has 72 valence electrons. The van der Waals surface area contributed by atoms with Gasteiger partial charge in [0.2, 0.25) is 0 Å². The van der Waals surface area contributed by atoms with E-state index in [0.717, 1.165) is 16.0 Å². The van der Waals surface area contributed by atoms with E-state index in [-0.39, 0.29) is 0 Å². The lowest BCUT2D eigenvalue weighted by Gasteiger charge is -2.06. The lowest BCUT2D eigenvalue weighted by Crippen LogP contribution is -1.89. The molecular weight excluding hydrogens is 210 g/mol. The van der Waals surface area contributed by atoms with Crippen molar-refractivity contribution in [1.29, 1.82) is 0 Å². The fourth-order valence-electron chi connectivity index (χ4n) is 1.44. The number of fused-ring (bicyclic) bond motifs is 1. The monoisotopic (exact) mass is 221 g/mol. The van der Waals surface area contributed by atoms with Crippen LogP contribution in [0.1, 0.15) is 0 Å². The third-order valence-corrected chi connectivity index (χ3v) is 3.84. The molecule has 0 aliphatic rings. The molecule has 2 rings (SSSR count). The Morgan fingerprint density at radius 1 is 1.07 bits per heavy atom. The Bertz CT molecular complexity index is 454. The SMILES string of the molecule is CSSc1ccc2ccccc2c1N. The van der Waals surface area contributed by atoms with Gasteiger partial charge in [0, 0.05) is 10.3 Å². The summed E-state index contributed by atoms with van der Waals surface area (Å²) >= 11 is 0. The average molecular weight is 221 g/mol. The minimum Gasteiger partial charge on any atom is -0.397 e. The Balaban J connectivity index is 2.63. The smallest absolute Gasteiger partial charge is 0.0540 e. The minimum absolute atomic E-state index is 0.891. The maximum absolute atomic E-state index is 6.07. The molecule has 0 heterocycles. The maximum atomic E-state index is 6.07. The van der Waals surface area contributed by atoms with Crippen LogP contribution in [0.3, 0.4) is 0 Å². The second-order valence-corrected chi connectivity index (χ2v) is 5.39. The zero-order chi connectivity index (χ0) is 9.97.